The summed E-state index contributed by atoms with van der Waals surface area (Å²) in [7, 11) is 0.689. The van der Waals surface area contributed by atoms with Gasteiger partial charge >= 0.3 is 7.60 Å². The van der Waals surface area contributed by atoms with Crippen LogP contribution in [0.15, 0.2) is 55.0 Å². The molecule has 0 aliphatic rings. The summed E-state index contributed by atoms with van der Waals surface area (Å²) in [5.41, 5.74) is 4.22. The van der Waals surface area contributed by atoms with Crippen molar-refractivity contribution in [3.8, 4) is 22.8 Å². The lowest BCUT2D eigenvalue weighted by atomic mass is 10.2. The van der Waals surface area contributed by atoms with Crippen LogP contribution in [0.5, 0.6) is 11.5 Å². The van der Waals surface area contributed by atoms with Gasteiger partial charge in [-0.2, -0.15) is 5.10 Å². The second-order valence-corrected chi connectivity index (χ2v) is 9.22. The third-order valence-electron chi connectivity index (χ3n) is 5.10. The Morgan fingerprint density at radius 1 is 1.00 bits per heavy atom. The van der Waals surface area contributed by atoms with E-state index in [-0.39, 0.29) is 29.7 Å². The third-order valence-corrected chi connectivity index (χ3v) is 5.88. The molecule has 180 valence electrons. The molecule has 0 fully saturated rings. The second-order valence-electron chi connectivity index (χ2n) is 7.44. The van der Waals surface area contributed by atoms with Crippen molar-refractivity contribution < 1.29 is 23.8 Å². The van der Waals surface area contributed by atoms with E-state index in [1.54, 1.807) is 54.4 Å². The molecule has 2 aromatic carbocycles. The van der Waals surface area contributed by atoms with E-state index < -0.39 is 7.60 Å². The lowest BCUT2D eigenvalue weighted by Crippen LogP contribution is -2.21. The summed E-state index contributed by atoms with van der Waals surface area (Å²) in [6.45, 7) is 0.0713. The predicted octanol–water partition coefficient (Wildman–Crippen LogP) is 3.94. The zero-order chi connectivity index (χ0) is 23.6. The molecule has 4 rings (SSSR count). The quantitative estimate of drug-likeness (QED) is 0.314. The highest BCUT2D eigenvalue weighted by molar-refractivity contribution is 8.93. The fraction of sp³-hybridized carbons (Fsp3) is 0.227. The molecule has 34 heavy (non-hydrogen) atoms. The monoisotopic (exact) mass is 549 g/mol. The maximum Gasteiger partial charge on any atom is 0.327 e. The third kappa shape index (κ3) is 5.92. The predicted molar refractivity (Wildman–Crippen MR) is 136 cm³/mol. The van der Waals surface area contributed by atoms with E-state index in [4.69, 9.17) is 14.5 Å². The summed E-state index contributed by atoms with van der Waals surface area (Å²) in [4.78, 5) is 30.0. The number of halogens is 1. The first-order valence-corrected chi connectivity index (χ1v) is 11.9. The van der Waals surface area contributed by atoms with Gasteiger partial charge in [-0.3, -0.25) is 14.2 Å². The van der Waals surface area contributed by atoms with Gasteiger partial charge in [0.25, 0.3) is 0 Å². The zero-order valence-corrected chi connectivity index (χ0v) is 21.4. The molecule has 2 aromatic heterocycles. The summed E-state index contributed by atoms with van der Waals surface area (Å²) < 4.78 is 24.1. The van der Waals surface area contributed by atoms with Crippen molar-refractivity contribution in [3.05, 3.63) is 55.0 Å². The van der Waals surface area contributed by atoms with Crippen molar-refractivity contribution in [1.29, 1.82) is 0 Å². The van der Waals surface area contributed by atoms with Crippen molar-refractivity contribution in [1.82, 2.24) is 19.7 Å². The number of rotatable bonds is 8. The molecule has 4 aromatic rings. The molecule has 10 nitrogen and oxygen atoms in total. The number of anilines is 2. The Kier molecular flexibility index (Phi) is 7.93. The van der Waals surface area contributed by atoms with Crippen LogP contribution in [0.4, 0.5) is 11.4 Å². The van der Waals surface area contributed by atoms with Crippen LogP contribution in [0.3, 0.4) is 0 Å². The average Bonchev–Trinajstić information content (AvgIpc) is 3.24. The topological polar surface area (TPSA) is 123 Å². The van der Waals surface area contributed by atoms with E-state index in [2.05, 4.69) is 10.1 Å². The highest BCUT2D eigenvalue weighted by atomic mass is 79.9. The van der Waals surface area contributed by atoms with Crippen molar-refractivity contribution in [2.24, 2.45) is 7.05 Å². The number of aromatic nitrogens is 4. The van der Waals surface area contributed by atoms with Gasteiger partial charge in [0.05, 0.1) is 49.5 Å². The fourth-order valence-electron chi connectivity index (χ4n) is 3.45. The van der Waals surface area contributed by atoms with Crippen molar-refractivity contribution in [2.45, 2.75) is 0 Å². The number of fused-ring (bicyclic) bond motifs is 1. The highest BCUT2D eigenvalue weighted by Crippen LogP contribution is 2.38. The van der Waals surface area contributed by atoms with Crippen LogP contribution in [0.25, 0.3) is 22.3 Å². The van der Waals surface area contributed by atoms with Crippen LogP contribution in [0.1, 0.15) is 0 Å². The van der Waals surface area contributed by atoms with Gasteiger partial charge in [-0.05, 0) is 18.2 Å². The summed E-state index contributed by atoms with van der Waals surface area (Å²) in [5.74, 6) is 1.12. The molecule has 0 aliphatic carbocycles. The van der Waals surface area contributed by atoms with Gasteiger partial charge in [-0.15, -0.1) is 17.0 Å². The van der Waals surface area contributed by atoms with Crippen molar-refractivity contribution in [2.75, 3.05) is 31.8 Å². The van der Waals surface area contributed by atoms with E-state index in [1.165, 1.54) is 0 Å². The maximum absolute atomic E-state index is 11.6. The largest absolute Gasteiger partial charge is 0.497 e. The fourth-order valence-corrected chi connectivity index (χ4v) is 3.91. The number of hydrogen-bond acceptors (Lipinski definition) is 7. The SMILES string of the molecule is Br.COc1cc(OC)cc(N(CCP(=O)(O)O)c2ccc3ncc(-c4cnn(C)c4)nc3c2)c1. The first-order chi connectivity index (χ1) is 15.8. The average molecular weight is 550 g/mol. The lowest BCUT2D eigenvalue weighted by molar-refractivity contribution is 0.373. The van der Waals surface area contributed by atoms with Gasteiger partial charge in [0.15, 0.2) is 0 Å². The Hall–Kier alpha value is -2.98. The van der Waals surface area contributed by atoms with Crippen LogP contribution in [-0.4, -0.2) is 56.5 Å². The van der Waals surface area contributed by atoms with Crippen LogP contribution >= 0.6 is 24.6 Å². The molecule has 2 heterocycles. The summed E-state index contributed by atoms with van der Waals surface area (Å²) in [6, 6.07) is 10.8. The molecule has 0 spiro atoms. The van der Waals surface area contributed by atoms with E-state index in [0.29, 0.717) is 39.6 Å². The molecule has 0 radical (unpaired) electrons. The molecular formula is C22H25BrN5O5P. The van der Waals surface area contributed by atoms with Gasteiger partial charge in [-0.1, -0.05) is 0 Å². The molecule has 0 atom stereocenters. The van der Waals surface area contributed by atoms with Crippen LogP contribution < -0.4 is 14.4 Å². The Morgan fingerprint density at radius 3 is 2.29 bits per heavy atom. The van der Waals surface area contributed by atoms with E-state index in [1.807, 2.05) is 31.4 Å². The molecule has 2 N–H and O–H groups in total. The lowest BCUT2D eigenvalue weighted by Gasteiger charge is -2.26. The molecule has 0 aliphatic heterocycles. The molecule has 12 heteroatoms. The van der Waals surface area contributed by atoms with Crippen LogP contribution in [-0.2, 0) is 11.6 Å². The van der Waals surface area contributed by atoms with Gasteiger partial charge in [0, 0.05) is 54.9 Å². The molecule has 0 saturated carbocycles. The van der Waals surface area contributed by atoms with Crippen molar-refractivity contribution in [3.63, 3.8) is 0 Å². The summed E-state index contributed by atoms with van der Waals surface area (Å²) in [6.07, 6.45) is 4.94. The maximum atomic E-state index is 11.6. The number of nitrogens with zero attached hydrogens (tertiary/aromatic N) is 5. The second kappa shape index (κ2) is 10.5. The van der Waals surface area contributed by atoms with Crippen LogP contribution in [0.2, 0.25) is 0 Å². The first-order valence-electron chi connectivity index (χ1n) is 10.1. The minimum absolute atomic E-state index is 0. The number of methoxy groups -OCH3 is 2. The summed E-state index contributed by atoms with van der Waals surface area (Å²) >= 11 is 0. The minimum Gasteiger partial charge on any atom is -0.497 e. The standard InChI is InChI=1S/C22H24N5O5P.BrH/c1-26-14-15(12-24-26)22-13-23-20-5-4-16(10-21(20)25-22)27(6-7-33(28,29)30)17-8-18(31-2)11-19(9-17)32-3;/h4-5,8-14H,6-7H2,1-3H3,(H2,28,29,30);1H. The van der Waals surface area contributed by atoms with Gasteiger partial charge in [-0.25, -0.2) is 4.98 Å². The summed E-state index contributed by atoms with van der Waals surface area (Å²) in [5, 5.41) is 4.18. The molecule has 0 amide bonds. The normalized spacial score (nSPS) is 11.2. The Morgan fingerprint density at radius 2 is 1.71 bits per heavy atom. The molecular weight excluding hydrogens is 525 g/mol. The Labute approximate surface area is 207 Å². The smallest absolute Gasteiger partial charge is 0.327 e. The van der Waals surface area contributed by atoms with Gasteiger partial charge in [0.2, 0.25) is 0 Å². The number of benzene rings is 2. The van der Waals surface area contributed by atoms with Gasteiger partial charge in [0.1, 0.15) is 11.5 Å². The number of hydrogen-bond donors (Lipinski definition) is 2. The number of aryl methyl sites for hydroxylation is 1. The van der Waals surface area contributed by atoms with Crippen LogP contribution in [0, 0.1) is 0 Å². The van der Waals surface area contributed by atoms with E-state index in [0.717, 1.165) is 5.56 Å². The zero-order valence-electron chi connectivity index (χ0n) is 18.8. The highest BCUT2D eigenvalue weighted by Gasteiger charge is 2.19. The Balaban J connectivity index is 0.00000324. The molecule has 0 unspecified atom stereocenters. The number of ether oxygens (including phenoxy) is 2. The molecule has 0 saturated heterocycles. The Bertz CT molecular complexity index is 1320. The van der Waals surface area contributed by atoms with Crippen molar-refractivity contribution >= 4 is 47.0 Å². The van der Waals surface area contributed by atoms with E-state index >= 15 is 0 Å². The van der Waals surface area contributed by atoms with Gasteiger partial charge < -0.3 is 24.2 Å². The minimum atomic E-state index is -4.23. The molecule has 0 bridgehead atoms. The van der Waals surface area contributed by atoms with E-state index in [9.17, 15) is 14.4 Å². The first kappa shape index (κ1) is 25.6.